The van der Waals surface area contributed by atoms with Crippen LogP contribution in [0.4, 0.5) is 5.82 Å². The van der Waals surface area contributed by atoms with Gasteiger partial charge < -0.3 is 5.73 Å². The minimum atomic E-state index is 0.324. The van der Waals surface area contributed by atoms with Gasteiger partial charge in [0.25, 0.3) is 0 Å². The van der Waals surface area contributed by atoms with Gasteiger partial charge in [0.1, 0.15) is 5.82 Å². The van der Waals surface area contributed by atoms with E-state index in [-0.39, 0.29) is 0 Å². The predicted molar refractivity (Wildman–Crippen MR) is 76.6 cm³/mol. The summed E-state index contributed by atoms with van der Waals surface area (Å²) in [5.41, 5.74) is 7.75. The highest BCUT2D eigenvalue weighted by Gasteiger charge is 2.10. The maximum Gasteiger partial charge on any atom is 0.164 e. The van der Waals surface area contributed by atoms with Gasteiger partial charge in [-0.1, -0.05) is 13.8 Å². The molecule has 0 saturated heterocycles. The fourth-order valence-electron chi connectivity index (χ4n) is 1.91. The van der Waals surface area contributed by atoms with E-state index in [0.717, 1.165) is 17.7 Å². The van der Waals surface area contributed by atoms with Crippen LogP contribution in [0.15, 0.2) is 18.5 Å². The molecular formula is C14H21N5. The monoisotopic (exact) mass is 259 g/mol. The third-order valence-electron chi connectivity index (χ3n) is 2.81. The van der Waals surface area contributed by atoms with Gasteiger partial charge in [-0.3, -0.25) is 4.68 Å². The summed E-state index contributed by atoms with van der Waals surface area (Å²) in [7, 11) is 0. The second-order valence-electron chi connectivity index (χ2n) is 5.51. The summed E-state index contributed by atoms with van der Waals surface area (Å²) in [6, 6.07) is 2.17. The number of hydrogen-bond donors (Lipinski definition) is 1. The first-order chi connectivity index (χ1) is 8.95. The molecule has 2 N–H and O–H groups in total. The highest BCUT2D eigenvalue weighted by molar-refractivity contribution is 5.54. The van der Waals surface area contributed by atoms with E-state index in [4.69, 9.17) is 5.73 Å². The van der Waals surface area contributed by atoms with Crippen LogP contribution in [0.5, 0.6) is 0 Å². The summed E-state index contributed by atoms with van der Waals surface area (Å²) in [6.45, 7) is 8.49. The molecule has 0 fully saturated rings. The number of nitrogens with zero attached hydrogens (tertiary/aromatic N) is 4. The van der Waals surface area contributed by atoms with Crippen molar-refractivity contribution in [2.24, 2.45) is 5.92 Å². The van der Waals surface area contributed by atoms with E-state index in [1.54, 1.807) is 6.20 Å². The van der Waals surface area contributed by atoms with E-state index in [9.17, 15) is 0 Å². The standard InChI is InChI=1S/C14H21N5/c1-9(2)5-12-6-13(15)18-14(17-12)11-7-16-19(8-11)10(3)4/h6-10H,5H2,1-4H3,(H2,15,17,18). The normalized spacial score (nSPS) is 11.5. The molecule has 2 rings (SSSR count). The average Bonchev–Trinajstić information content (AvgIpc) is 2.76. The molecule has 0 bridgehead atoms. The van der Waals surface area contributed by atoms with Crippen LogP contribution in [-0.4, -0.2) is 19.7 Å². The summed E-state index contributed by atoms with van der Waals surface area (Å²) < 4.78 is 1.89. The molecule has 102 valence electrons. The SMILES string of the molecule is CC(C)Cc1cc(N)nc(-c2cnn(C(C)C)c2)n1. The molecule has 0 aliphatic rings. The number of aromatic nitrogens is 4. The maximum absolute atomic E-state index is 5.86. The minimum Gasteiger partial charge on any atom is -0.384 e. The fourth-order valence-corrected chi connectivity index (χ4v) is 1.91. The summed E-state index contributed by atoms with van der Waals surface area (Å²) in [5, 5.41) is 4.31. The molecule has 0 atom stereocenters. The zero-order chi connectivity index (χ0) is 14.0. The predicted octanol–water partition coefficient (Wildman–Crippen LogP) is 2.70. The minimum absolute atomic E-state index is 0.324. The first-order valence-corrected chi connectivity index (χ1v) is 6.63. The van der Waals surface area contributed by atoms with Crippen molar-refractivity contribution in [2.75, 3.05) is 5.73 Å². The Morgan fingerprint density at radius 3 is 2.53 bits per heavy atom. The van der Waals surface area contributed by atoms with Crippen LogP contribution in [0, 0.1) is 5.92 Å². The number of nitrogen functional groups attached to an aromatic ring is 1. The van der Waals surface area contributed by atoms with Gasteiger partial charge in [-0.15, -0.1) is 0 Å². The van der Waals surface area contributed by atoms with Crippen molar-refractivity contribution in [2.45, 2.75) is 40.2 Å². The molecule has 0 spiro atoms. The van der Waals surface area contributed by atoms with Crippen LogP contribution < -0.4 is 5.73 Å². The third kappa shape index (κ3) is 3.30. The van der Waals surface area contributed by atoms with Crippen molar-refractivity contribution in [1.29, 1.82) is 0 Å². The van der Waals surface area contributed by atoms with Crippen LogP contribution in [0.3, 0.4) is 0 Å². The molecule has 0 aromatic carbocycles. The first kappa shape index (κ1) is 13.5. The van der Waals surface area contributed by atoms with Crippen molar-refractivity contribution < 1.29 is 0 Å². The van der Waals surface area contributed by atoms with Crippen LogP contribution in [0.2, 0.25) is 0 Å². The number of nitrogens with two attached hydrogens (primary N) is 1. The van der Waals surface area contributed by atoms with E-state index in [1.165, 1.54) is 0 Å². The lowest BCUT2D eigenvalue weighted by Gasteiger charge is -2.07. The second-order valence-corrected chi connectivity index (χ2v) is 5.51. The molecule has 5 heteroatoms. The number of hydrogen-bond acceptors (Lipinski definition) is 4. The average molecular weight is 259 g/mol. The zero-order valence-corrected chi connectivity index (χ0v) is 12.0. The maximum atomic E-state index is 5.86. The van der Waals surface area contributed by atoms with E-state index < -0.39 is 0 Å². The molecule has 0 saturated carbocycles. The lowest BCUT2D eigenvalue weighted by atomic mass is 10.1. The summed E-state index contributed by atoms with van der Waals surface area (Å²) in [5.74, 6) is 1.71. The van der Waals surface area contributed by atoms with E-state index >= 15 is 0 Å². The Morgan fingerprint density at radius 2 is 1.95 bits per heavy atom. The van der Waals surface area contributed by atoms with Crippen LogP contribution in [0.1, 0.15) is 39.4 Å². The van der Waals surface area contributed by atoms with Crippen molar-refractivity contribution in [3.05, 3.63) is 24.2 Å². The van der Waals surface area contributed by atoms with Gasteiger partial charge in [0.05, 0.1) is 11.8 Å². The Hall–Kier alpha value is -1.91. The quantitative estimate of drug-likeness (QED) is 0.916. The molecule has 2 aromatic rings. The summed E-state index contributed by atoms with van der Waals surface area (Å²) in [4.78, 5) is 8.87. The Labute approximate surface area is 113 Å². The van der Waals surface area contributed by atoms with E-state index in [1.807, 2.05) is 16.9 Å². The topological polar surface area (TPSA) is 69.6 Å². The molecule has 0 amide bonds. The molecule has 0 aliphatic carbocycles. The lowest BCUT2D eigenvalue weighted by molar-refractivity contribution is 0.532. The third-order valence-corrected chi connectivity index (χ3v) is 2.81. The molecule has 0 unspecified atom stereocenters. The number of rotatable bonds is 4. The largest absolute Gasteiger partial charge is 0.384 e. The molecule has 2 heterocycles. The highest BCUT2D eigenvalue weighted by atomic mass is 15.3. The molecule has 0 aliphatic heterocycles. The van der Waals surface area contributed by atoms with Gasteiger partial charge in [0.15, 0.2) is 5.82 Å². The molecule has 19 heavy (non-hydrogen) atoms. The zero-order valence-electron chi connectivity index (χ0n) is 12.0. The van der Waals surface area contributed by atoms with Gasteiger partial charge in [0.2, 0.25) is 0 Å². The van der Waals surface area contributed by atoms with Crippen LogP contribution in [0.25, 0.3) is 11.4 Å². The summed E-state index contributed by atoms with van der Waals surface area (Å²) in [6.07, 6.45) is 4.64. The van der Waals surface area contributed by atoms with Crippen molar-refractivity contribution >= 4 is 5.82 Å². The van der Waals surface area contributed by atoms with E-state index in [2.05, 4.69) is 42.8 Å². The lowest BCUT2D eigenvalue weighted by Crippen LogP contribution is -2.03. The van der Waals surface area contributed by atoms with Gasteiger partial charge in [0, 0.05) is 24.0 Å². The molecule has 0 radical (unpaired) electrons. The second kappa shape index (κ2) is 5.38. The van der Waals surface area contributed by atoms with Gasteiger partial charge in [-0.25, -0.2) is 9.97 Å². The van der Waals surface area contributed by atoms with Crippen LogP contribution in [-0.2, 0) is 6.42 Å². The number of anilines is 1. The molecule has 2 aromatic heterocycles. The molecular weight excluding hydrogens is 238 g/mol. The smallest absolute Gasteiger partial charge is 0.164 e. The summed E-state index contributed by atoms with van der Waals surface area (Å²) >= 11 is 0. The Balaban J connectivity index is 2.35. The highest BCUT2D eigenvalue weighted by Crippen LogP contribution is 2.19. The van der Waals surface area contributed by atoms with E-state index in [0.29, 0.717) is 23.6 Å². The van der Waals surface area contributed by atoms with Gasteiger partial charge >= 0.3 is 0 Å². The van der Waals surface area contributed by atoms with Gasteiger partial charge in [-0.2, -0.15) is 5.10 Å². The Bertz CT molecular complexity index is 557. The Kier molecular flexibility index (Phi) is 3.83. The first-order valence-electron chi connectivity index (χ1n) is 6.63. The van der Waals surface area contributed by atoms with Crippen molar-refractivity contribution in [1.82, 2.24) is 19.7 Å². The molecule has 5 nitrogen and oxygen atoms in total. The van der Waals surface area contributed by atoms with Crippen molar-refractivity contribution in [3.63, 3.8) is 0 Å². The Morgan fingerprint density at radius 1 is 1.21 bits per heavy atom. The fraction of sp³-hybridized carbons (Fsp3) is 0.500. The van der Waals surface area contributed by atoms with Crippen LogP contribution >= 0.6 is 0 Å². The van der Waals surface area contributed by atoms with Crippen molar-refractivity contribution in [3.8, 4) is 11.4 Å². The van der Waals surface area contributed by atoms with Gasteiger partial charge in [-0.05, 0) is 26.2 Å².